The molecule has 4 aliphatic rings. The molecule has 0 heterocycles. The number of para-hydroxylation sites is 1. The Morgan fingerprint density at radius 1 is 0.293 bits per heavy atom. The zero-order valence-corrected chi connectivity index (χ0v) is 41.9. The van der Waals surface area contributed by atoms with Crippen molar-refractivity contribution in [3.05, 3.63) is 295 Å². The van der Waals surface area contributed by atoms with Gasteiger partial charge < -0.3 is 4.90 Å². The molecule has 4 aliphatic carbocycles. The smallest absolute Gasteiger partial charge is 0.0726 e. The SMILES string of the molecule is c1ccc(-c2ccc3c(c2)C2(c4ccccc4-3)c3ccccc3-c3ccc(N(c4ccc(-c5ccc(C6CC7CCC6C7)cc5)cc4)c4ccccc4-c4ccccc4-c4ccccc4-c4ccccc4)cc32)cc1. The summed E-state index contributed by atoms with van der Waals surface area (Å²) in [7, 11) is 0. The molecule has 0 amide bonds. The maximum atomic E-state index is 2.53. The van der Waals surface area contributed by atoms with Crippen molar-refractivity contribution in [2.75, 3.05) is 4.90 Å². The van der Waals surface area contributed by atoms with Crippen molar-refractivity contribution < 1.29 is 0 Å². The van der Waals surface area contributed by atoms with Crippen molar-refractivity contribution in [2.45, 2.75) is 37.0 Å². The topological polar surface area (TPSA) is 3.24 Å². The minimum atomic E-state index is -0.536. The molecule has 0 radical (unpaired) electrons. The number of fused-ring (bicyclic) bond motifs is 12. The van der Waals surface area contributed by atoms with Gasteiger partial charge in [0.05, 0.1) is 11.1 Å². The fourth-order valence-electron chi connectivity index (χ4n) is 14.3. The Bertz CT molecular complexity index is 3950. The molecule has 2 fully saturated rings. The van der Waals surface area contributed by atoms with E-state index in [1.807, 2.05) is 0 Å². The van der Waals surface area contributed by atoms with E-state index in [4.69, 9.17) is 0 Å². The first kappa shape index (κ1) is 43.8. The second-order valence-electron chi connectivity index (χ2n) is 21.5. The Morgan fingerprint density at radius 3 is 1.37 bits per heavy atom. The zero-order valence-electron chi connectivity index (χ0n) is 41.9. The van der Waals surface area contributed by atoms with E-state index < -0.39 is 5.41 Å². The number of hydrogen-bond acceptors (Lipinski definition) is 1. The predicted molar refractivity (Wildman–Crippen MR) is 313 cm³/mol. The predicted octanol–water partition coefficient (Wildman–Crippen LogP) is 19.7. The summed E-state index contributed by atoms with van der Waals surface area (Å²) < 4.78 is 0. The van der Waals surface area contributed by atoms with Crippen molar-refractivity contribution in [1.82, 2.24) is 0 Å². The van der Waals surface area contributed by atoms with E-state index in [-0.39, 0.29) is 0 Å². The standard InChI is InChI=1S/C74H55N/c1-3-17-50(18-4-1)55-39-43-65-63-25-11-14-28-69(63)74(71(65)47-55)70-29-15-12-26-64(70)66-44-42-58(48-72(66)74)75(57-40-37-52(38-41-57)51-33-35-54(36-34-51)68-46-49-31-32-56(68)45-49)73-30-16-13-27-67(73)62-24-10-9-23-61(62)60-22-8-7-21-59(60)53-19-5-2-6-20-53/h1-30,33-44,47-49,56,68H,31-32,45-46H2. The summed E-state index contributed by atoms with van der Waals surface area (Å²) in [5.41, 5.74) is 26.9. The van der Waals surface area contributed by atoms with Crippen LogP contribution in [0, 0.1) is 11.8 Å². The summed E-state index contributed by atoms with van der Waals surface area (Å²) in [6.45, 7) is 0. The van der Waals surface area contributed by atoms with Crippen molar-refractivity contribution in [3.63, 3.8) is 0 Å². The molecule has 2 saturated carbocycles. The van der Waals surface area contributed by atoms with Crippen LogP contribution in [0.2, 0.25) is 0 Å². The summed E-state index contributed by atoms with van der Waals surface area (Å²) >= 11 is 0. The molecule has 4 atom stereocenters. The van der Waals surface area contributed by atoms with E-state index in [1.165, 1.54) is 131 Å². The first-order valence-electron chi connectivity index (χ1n) is 27.1. The molecule has 0 aliphatic heterocycles. The van der Waals surface area contributed by atoms with Crippen LogP contribution >= 0.6 is 0 Å². The highest BCUT2D eigenvalue weighted by Crippen LogP contribution is 2.64. The molecule has 11 aromatic carbocycles. The largest absolute Gasteiger partial charge is 0.310 e. The third-order valence-electron chi connectivity index (χ3n) is 17.6. The van der Waals surface area contributed by atoms with E-state index in [2.05, 4.69) is 272 Å². The lowest BCUT2D eigenvalue weighted by atomic mass is 9.70. The van der Waals surface area contributed by atoms with Crippen LogP contribution in [0.1, 0.15) is 59.4 Å². The normalized spacial score (nSPS) is 18.4. The molecule has 0 aromatic heterocycles. The third-order valence-corrected chi connectivity index (χ3v) is 17.6. The molecule has 0 N–H and O–H groups in total. The van der Waals surface area contributed by atoms with Crippen LogP contribution < -0.4 is 4.90 Å². The van der Waals surface area contributed by atoms with Gasteiger partial charge in [0.1, 0.15) is 0 Å². The Morgan fingerprint density at radius 2 is 0.747 bits per heavy atom. The summed E-state index contributed by atoms with van der Waals surface area (Å²) in [5, 5.41) is 0. The fraction of sp³-hybridized carbons (Fsp3) is 0.108. The number of anilines is 3. The summed E-state index contributed by atoms with van der Waals surface area (Å²) in [4.78, 5) is 2.52. The Balaban J connectivity index is 0.926. The van der Waals surface area contributed by atoms with Gasteiger partial charge in [-0.3, -0.25) is 0 Å². The second-order valence-corrected chi connectivity index (χ2v) is 21.5. The number of hydrogen-bond donors (Lipinski definition) is 0. The quantitative estimate of drug-likeness (QED) is 0.139. The first-order chi connectivity index (χ1) is 37.2. The van der Waals surface area contributed by atoms with Gasteiger partial charge in [-0.05, 0) is 174 Å². The summed E-state index contributed by atoms with van der Waals surface area (Å²) in [6.07, 6.45) is 5.62. The fourth-order valence-corrected chi connectivity index (χ4v) is 14.3. The van der Waals surface area contributed by atoms with E-state index in [0.29, 0.717) is 0 Å². The van der Waals surface area contributed by atoms with Gasteiger partial charge in [-0.2, -0.15) is 0 Å². The highest BCUT2D eigenvalue weighted by molar-refractivity contribution is 6.00. The number of nitrogens with zero attached hydrogens (tertiary/aromatic N) is 1. The van der Waals surface area contributed by atoms with Gasteiger partial charge in [0.15, 0.2) is 0 Å². The molecule has 356 valence electrons. The van der Waals surface area contributed by atoms with Crippen LogP contribution in [0.5, 0.6) is 0 Å². The second kappa shape index (κ2) is 17.7. The van der Waals surface area contributed by atoms with Crippen LogP contribution in [0.15, 0.2) is 267 Å². The van der Waals surface area contributed by atoms with Gasteiger partial charge in [0, 0.05) is 16.9 Å². The Kier molecular flexibility index (Phi) is 10.3. The minimum Gasteiger partial charge on any atom is -0.310 e. The lowest BCUT2D eigenvalue weighted by Crippen LogP contribution is -2.26. The van der Waals surface area contributed by atoms with Crippen molar-refractivity contribution in [1.29, 1.82) is 0 Å². The van der Waals surface area contributed by atoms with E-state index in [9.17, 15) is 0 Å². The summed E-state index contributed by atoms with van der Waals surface area (Å²) in [5.74, 6) is 2.53. The number of rotatable bonds is 9. The molecule has 0 saturated heterocycles. The van der Waals surface area contributed by atoms with Gasteiger partial charge >= 0.3 is 0 Å². The molecule has 15 rings (SSSR count). The van der Waals surface area contributed by atoms with Crippen LogP contribution in [0.4, 0.5) is 17.1 Å². The average Bonchev–Trinajstić information content (AvgIpc) is 4.46. The Hall–Kier alpha value is -8.78. The third kappa shape index (κ3) is 6.98. The highest BCUT2D eigenvalue weighted by atomic mass is 15.1. The monoisotopic (exact) mass is 957 g/mol. The van der Waals surface area contributed by atoms with Gasteiger partial charge in [0.25, 0.3) is 0 Å². The summed E-state index contributed by atoms with van der Waals surface area (Å²) in [6, 6.07) is 100. The highest BCUT2D eigenvalue weighted by Gasteiger charge is 2.52. The van der Waals surface area contributed by atoms with Crippen LogP contribution in [-0.2, 0) is 5.41 Å². The zero-order chi connectivity index (χ0) is 49.5. The molecule has 4 unspecified atom stereocenters. The molecule has 2 bridgehead atoms. The van der Waals surface area contributed by atoms with E-state index in [1.54, 1.807) is 0 Å². The van der Waals surface area contributed by atoms with E-state index >= 15 is 0 Å². The van der Waals surface area contributed by atoms with Crippen LogP contribution in [-0.4, -0.2) is 0 Å². The van der Waals surface area contributed by atoms with E-state index in [0.717, 1.165) is 34.8 Å². The Labute approximate surface area is 441 Å². The molecule has 11 aromatic rings. The lowest BCUT2D eigenvalue weighted by Gasteiger charge is -2.33. The molecular formula is C74H55N. The van der Waals surface area contributed by atoms with Gasteiger partial charge in [-0.15, -0.1) is 0 Å². The maximum absolute atomic E-state index is 2.53. The van der Waals surface area contributed by atoms with Gasteiger partial charge in [-0.1, -0.05) is 237 Å². The first-order valence-corrected chi connectivity index (χ1v) is 27.1. The molecule has 1 heteroatoms. The van der Waals surface area contributed by atoms with Crippen LogP contribution in [0.25, 0.3) is 77.9 Å². The molecule has 75 heavy (non-hydrogen) atoms. The van der Waals surface area contributed by atoms with Crippen LogP contribution in [0.3, 0.4) is 0 Å². The molecule has 1 nitrogen and oxygen atoms in total. The average molecular weight is 958 g/mol. The maximum Gasteiger partial charge on any atom is 0.0726 e. The minimum absolute atomic E-state index is 0.536. The van der Waals surface area contributed by atoms with Crippen molar-refractivity contribution in [3.8, 4) is 77.9 Å². The van der Waals surface area contributed by atoms with Crippen molar-refractivity contribution in [2.24, 2.45) is 11.8 Å². The van der Waals surface area contributed by atoms with Gasteiger partial charge in [-0.25, -0.2) is 0 Å². The lowest BCUT2D eigenvalue weighted by molar-refractivity contribution is 0.420. The van der Waals surface area contributed by atoms with Gasteiger partial charge in [0.2, 0.25) is 0 Å². The number of benzene rings is 11. The molecular weight excluding hydrogens is 903 g/mol. The molecule has 1 spiro atoms. The van der Waals surface area contributed by atoms with Crippen molar-refractivity contribution >= 4 is 17.1 Å².